The zero-order valence-electron chi connectivity index (χ0n) is 53.4. The van der Waals surface area contributed by atoms with Crippen LogP contribution in [-0.4, -0.2) is 74.9 Å². The number of hydrogen-bond acceptors (Lipinski definition) is 7. The largest absolute Gasteiger partial charge is 0.472 e. The molecule has 1 N–H and O–H groups in total. The number of rotatable bonds is 60. The number of carbonyl (C=O) groups is 2. The Bertz CT molecular complexity index is 1800. The smallest absolute Gasteiger partial charge is 0.462 e. The van der Waals surface area contributed by atoms with E-state index in [1.54, 1.807) is 0 Å². The Hall–Kier alpha value is -3.59. The summed E-state index contributed by atoms with van der Waals surface area (Å²) in [6.45, 7) is 4.27. The molecule has 0 rings (SSSR count). The van der Waals surface area contributed by atoms with Crippen LogP contribution in [0.15, 0.2) is 122 Å². The molecule has 470 valence electrons. The number of hydrogen-bond donors (Lipinski definition) is 1. The maximum Gasteiger partial charge on any atom is 0.472 e. The van der Waals surface area contributed by atoms with Gasteiger partial charge in [-0.05, 0) is 109 Å². The van der Waals surface area contributed by atoms with Crippen LogP contribution in [-0.2, 0) is 32.7 Å². The van der Waals surface area contributed by atoms with E-state index in [2.05, 4.69) is 135 Å². The molecule has 0 saturated heterocycles. The molecule has 2 atom stereocenters. The molecule has 0 fully saturated rings. The van der Waals surface area contributed by atoms with Crippen molar-refractivity contribution in [2.24, 2.45) is 0 Å². The summed E-state index contributed by atoms with van der Waals surface area (Å²) >= 11 is 0. The number of ether oxygens (including phenoxy) is 2. The van der Waals surface area contributed by atoms with Crippen LogP contribution in [0.4, 0.5) is 0 Å². The molecule has 2 unspecified atom stereocenters. The summed E-state index contributed by atoms with van der Waals surface area (Å²) in [6.07, 6.45) is 88.7. The van der Waals surface area contributed by atoms with Crippen LogP contribution >= 0.6 is 7.82 Å². The second-order valence-electron chi connectivity index (χ2n) is 23.1. The van der Waals surface area contributed by atoms with E-state index in [9.17, 15) is 19.0 Å². The molecule has 82 heavy (non-hydrogen) atoms. The number of unbranched alkanes of at least 4 members (excludes halogenated alkanes) is 26. The topological polar surface area (TPSA) is 108 Å². The first-order chi connectivity index (χ1) is 40.0. The third-order valence-corrected chi connectivity index (χ3v) is 15.0. The van der Waals surface area contributed by atoms with E-state index in [0.717, 1.165) is 96.3 Å². The van der Waals surface area contributed by atoms with Gasteiger partial charge in [0.25, 0.3) is 0 Å². The van der Waals surface area contributed by atoms with Gasteiger partial charge in [0.05, 0.1) is 27.7 Å². The third-order valence-electron chi connectivity index (χ3n) is 14.0. The Morgan fingerprint density at radius 2 is 0.695 bits per heavy atom. The molecule has 0 saturated carbocycles. The van der Waals surface area contributed by atoms with Crippen LogP contribution in [0.3, 0.4) is 0 Å². The first kappa shape index (κ1) is 78.4. The number of esters is 2. The van der Waals surface area contributed by atoms with E-state index in [1.165, 1.54) is 141 Å². The second kappa shape index (κ2) is 62.0. The van der Waals surface area contributed by atoms with Gasteiger partial charge in [-0.3, -0.25) is 18.6 Å². The average molecular weight is 1160 g/mol. The summed E-state index contributed by atoms with van der Waals surface area (Å²) < 4.78 is 34.6. The molecule has 9 nitrogen and oxygen atoms in total. The predicted molar refractivity (Wildman–Crippen MR) is 353 cm³/mol. The van der Waals surface area contributed by atoms with Crippen molar-refractivity contribution in [3.63, 3.8) is 0 Å². The fourth-order valence-corrected chi connectivity index (χ4v) is 9.63. The van der Waals surface area contributed by atoms with E-state index >= 15 is 0 Å². The molecule has 0 aromatic rings. The monoisotopic (exact) mass is 1160 g/mol. The Morgan fingerprint density at radius 3 is 1.05 bits per heavy atom. The second-order valence-corrected chi connectivity index (χ2v) is 24.6. The van der Waals surface area contributed by atoms with Gasteiger partial charge in [0.15, 0.2) is 6.10 Å². The van der Waals surface area contributed by atoms with Gasteiger partial charge in [0.1, 0.15) is 19.8 Å². The Labute approximate surface area is 505 Å². The number of nitrogens with zero attached hydrogens (tertiary/aromatic N) is 1. The van der Waals surface area contributed by atoms with Crippen molar-refractivity contribution in [2.45, 2.75) is 277 Å². The van der Waals surface area contributed by atoms with Crippen LogP contribution in [0.1, 0.15) is 271 Å². The third kappa shape index (κ3) is 65.6. The summed E-state index contributed by atoms with van der Waals surface area (Å²) in [6, 6.07) is 0. The number of quaternary nitrogens is 1. The van der Waals surface area contributed by atoms with Gasteiger partial charge >= 0.3 is 19.8 Å². The first-order valence-corrected chi connectivity index (χ1v) is 34.8. The average Bonchev–Trinajstić information content (AvgIpc) is 3.46. The van der Waals surface area contributed by atoms with Crippen molar-refractivity contribution < 1.29 is 42.1 Å². The molecule has 0 radical (unpaired) electrons. The number of allylic oxidation sites excluding steroid dienone is 20. The maximum atomic E-state index is 12.8. The molecule has 0 heterocycles. The molecular formula is C72H125NO8P+. The van der Waals surface area contributed by atoms with E-state index < -0.39 is 26.5 Å². The van der Waals surface area contributed by atoms with Crippen molar-refractivity contribution in [2.75, 3.05) is 47.5 Å². The number of phosphoric ester groups is 1. The van der Waals surface area contributed by atoms with E-state index in [-0.39, 0.29) is 32.0 Å². The summed E-state index contributed by atoms with van der Waals surface area (Å²) in [4.78, 5) is 35.8. The highest BCUT2D eigenvalue weighted by Crippen LogP contribution is 2.43. The summed E-state index contributed by atoms with van der Waals surface area (Å²) in [7, 11) is 1.44. The van der Waals surface area contributed by atoms with Crippen LogP contribution in [0, 0.1) is 0 Å². The Balaban J connectivity index is 4.13. The van der Waals surface area contributed by atoms with Gasteiger partial charge in [0.2, 0.25) is 0 Å². The molecule has 0 bridgehead atoms. The van der Waals surface area contributed by atoms with Gasteiger partial charge in [-0.25, -0.2) is 4.57 Å². The number of carbonyl (C=O) groups excluding carboxylic acids is 2. The molecule has 0 aliphatic heterocycles. The lowest BCUT2D eigenvalue weighted by Crippen LogP contribution is -2.37. The van der Waals surface area contributed by atoms with Crippen molar-refractivity contribution >= 4 is 19.8 Å². The fourth-order valence-electron chi connectivity index (χ4n) is 8.89. The van der Waals surface area contributed by atoms with E-state index in [1.807, 2.05) is 21.1 Å². The molecule has 10 heteroatoms. The van der Waals surface area contributed by atoms with Crippen molar-refractivity contribution in [1.29, 1.82) is 0 Å². The standard InChI is InChI=1S/C72H124NO8P/c1-6-8-10-12-14-16-18-20-22-24-26-28-30-32-33-34-35-36-37-38-39-41-42-44-46-48-50-52-54-56-58-60-62-64-71(74)78-68-70(69-80-82(76,77)79-67-66-73(3,4)5)81-72(75)65-63-61-59-57-55-53-51-49-47-45-43-40-31-29-27-25-23-21-19-17-15-13-11-9-7-2/h9,11,15,17-18,20-21,23-24,26-27,29-30,32,40,43,47,49,53,55,70H,6-8,10,12-14,16,19,22,25,28,31,33-39,41-42,44-46,48,50-52,54,56-69H2,1-5H3/p+1/b11-9-,17-15-,20-18-,23-21-,26-24-,29-27-,32-30-,43-40-,49-47-,55-53-. The highest BCUT2D eigenvalue weighted by molar-refractivity contribution is 7.47. The summed E-state index contributed by atoms with van der Waals surface area (Å²) in [5.41, 5.74) is 0. The van der Waals surface area contributed by atoms with E-state index in [0.29, 0.717) is 17.4 Å². The van der Waals surface area contributed by atoms with Gasteiger partial charge in [-0.1, -0.05) is 270 Å². The van der Waals surface area contributed by atoms with Crippen LogP contribution in [0.25, 0.3) is 0 Å². The zero-order valence-corrected chi connectivity index (χ0v) is 54.3. The Kier molecular flexibility index (Phi) is 59.2. The molecule has 0 aromatic carbocycles. The zero-order chi connectivity index (χ0) is 59.8. The van der Waals surface area contributed by atoms with Gasteiger partial charge < -0.3 is 18.9 Å². The predicted octanol–water partition coefficient (Wildman–Crippen LogP) is 21.5. The minimum Gasteiger partial charge on any atom is -0.462 e. The lowest BCUT2D eigenvalue weighted by molar-refractivity contribution is -0.870. The van der Waals surface area contributed by atoms with Crippen LogP contribution < -0.4 is 0 Å². The first-order valence-electron chi connectivity index (χ1n) is 33.3. The fraction of sp³-hybridized carbons (Fsp3) is 0.694. The molecular weight excluding hydrogens is 1040 g/mol. The molecule has 0 amide bonds. The normalized spacial score (nSPS) is 14.0. The van der Waals surface area contributed by atoms with Crippen LogP contribution in [0.5, 0.6) is 0 Å². The molecule has 0 aliphatic rings. The van der Waals surface area contributed by atoms with Crippen molar-refractivity contribution in [3.05, 3.63) is 122 Å². The summed E-state index contributed by atoms with van der Waals surface area (Å²) in [5.74, 6) is -0.837. The van der Waals surface area contributed by atoms with E-state index in [4.69, 9.17) is 18.5 Å². The quantitative estimate of drug-likeness (QED) is 0.0211. The van der Waals surface area contributed by atoms with Crippen LogP contribution in [0.2, 0.25) is 0 Å². The molecule has 0 aliphatic carbocycles. The van der Waals surface area contributed by atoms with Crippen molar-refractivity contribution in [3.8, 4) is 0 Å². The summed E-state index contributed by atoms with van der Waals surface area (Å²) in [5, 5.41) is 0. The van der Waals surface area contributed by atoms with Crippen molar-refractivity contribution in [1.82, 2.24) is 0 Å². The van der Waals surface area contributed by atoms with Gasteiger partial charge in [0, 0.05) is 12.8 Å². The number of phosphoric acid groups is 1. The molecule has 0 aromatic heterocycles. The minimum absolute atomic E-state index is 0.0193. The SMILES string of the molecule is CC/C=C\C/C=C\C/C=C\C/C=C\C/C=C\C/C=C\C/C=C\CCCCCC(=O)OC(COC(=O)CCCCCCCCCCCCCCCCCCCC/C=C\C/C=C\C/C=C\CCCCCCC)COP(=O)(O)OCC[N+](C)(C)C. The van der Waals surface area contributed by atoms with Gasteiger partial charge in [-0.15, -0.1) is 0 Å². The molecule has 0 spiro atoms. The lowest BCUT2D eigenvalue weighted by Gasteiger charge is -2.24. The Morgan fingerprint density at radius 1 is 0.390 bits per heavy atom. The maximum absolute atomic E-state index is 12.8. The lowest BCUT2D eigenvalue weighted by atomic mass is 10.0. The highest BCUT2D eigenvalue weighted by Gasteiger charge is 2.27. The number of likely N-dealkylation sites (N-methyl/N-ethyl adjacent to an activating group) is 1. The minimum atomic E-state index is -4.41. The highest BCUT2D eigenvalue weighted by atomic mass is 31.2. The van der Waals surface area contributed by atoms with Gasteiger partial charge in [-0.2, -0.15) is 0 Å².